The first kappa shape index (κ1) is 14.4. The average Bonchev–Trinajstić information content (AvgIpc) is 2.38. The Hall–Kier alpha value is -2.02. The van der Waals surface area contributed by atoms with Gasteiger partial charge in [-0.25, -0.2) is 0 Å². The maximum absolute atomic E-state index is 12.3. The number of thiol groups is 1. The lowest BCUT2D eigenvalue weighted by Gasteiger charge is -2.18. The summed E-state index contributed by atoms with van der Waals surface area (Å²) in [6.07, 6.45) is 0.736. The Morgan fingerprint density at radius 1 is 1.25 bits per heavy atom. The van der Waals surface area contributed by atoms with Crippen LogP contribution in [0.5, 0.6) is 0 Å². The average molecular weight is 293 g/mol. The van der Waals surface area contributed by atoms with E-state index in [1.165, 1.54) is 12.1 Å². The van der Waals surface area contributed by atoms with Crippen LogP contribution in [0.3, 0.4) is 0 Å². The van der Waals surface area contributed by atoms with Crippen molar-refractivity contribution in [3.05, 3.63) is 33.9 Å². The van der Waals surface area contributed by atoms with Crippen LogP contribution in [0.15, 0.2) is 23.1 Å². The third-order valence-electron chi connectivity index (χ3n) is 3.20. The number of nitro groups is 1. The van der Waals surface area contributed by atoms with Gasteiger partial charge in [0.2, 0.25) is 0 Å². The molecule has 0 heterocycles. The molecule has 1 saturated carbocycles. The lowest BCUT2D eigenvalue weighted by molar-refractivity contribution is -0.385. The second-order valence-corrected chi connectivity index (χ2v) is 5.06. The number of rotatable bonds is 3. The second kappa shape index (κ2) is 5.54. The molecule has 2 rings (SSSR count). The topological polar surface area (TPSA) is 94.3 Å². The van der Waals surface area contributed by atoms with Crippen molar-refractivity contribution in [3.63, 3.8) is 0 Å². The molecule has 0 unspecified atom stereocenters. The Morgan fingerprint density at radius 3 is 2.40 bits per heavy atom. The largest absolute Gasteiger partial charge is 0.298 e. The minimum atomic E-state index is -1.40. The summed E-state index contributed by atoms with van der Waals surface area (Å²) >= 11 is 3.98. The summed E-state index contributed by atoms with van der Waals surface area (Å²) in [4.78, 5) is 46.4. The van der Waals surface area contributed by atoms with Gasteiger partial charge in [0.25, 0.3) is 5.69 Å². The van der Waals surface area contributed by atoms with E-state index in [9.17, 15) is 24.5 Å². The van der Waals surface area contributed by atoms with Gasteiger partial charge in [-0.15, -0.1) is 12.6 Å². The Labute approximate surface area is 119 Å². The highest BCUT2D eigenvalue weighted by Gasteiger charge is 2.38. The van der Waals surface area contributed by atoms with Gasteiger partial charge in [0.1, 0.15) is 5.92 Å². The van der Waals surface area contributed by atoms with Crippen molar-refractivity contribution in [2.75, 3.05) is 0 Å². The predicted octanol–water partition coefficient (Wildman–Crippen LogP) is 2.00. The molecular formula is C13H11NO5S. The minimum Gasteiger partial charge on any atom is -0.298 e. The van der Waals surface area contributed by atoms with E-state index in [0.717, 1.165) is 6.07 Å². The summed E-state index contributed by atoms with van der Waals surface area (Å²) in [5, 5.41) is 11.0. The molecule has 0 atom stereocenters. The van der Waals surface area contributed by atoms with Crippen molar-refractivity contribution < 1.29 is 19.3 Å². The maximum atomic E-state index is 12.3. The maximum Gasteiger partial charge on any atom is 0.281 e. The standard InChI is InChI=1S/C13H11NO5S/c15-10-2-1-3-11(16)12(10)13(17)8-5-4-7(20)6-9(8)14(18)19/h4-6,12,20H,1-3H2. The number of carbonyl (C=O) groups excluding carboxylic acids is 3. The Balaban J connectivity index is 2.45. The number of ketones is 3. The normalized spacial score (nSPS) is 16.2. The minimum absolute atomic E-state index is 0.153. The van der Waals surface area contributed by atoms with Gasteiger partial charge in [0, 0.05) is 23.8 Å². The lowest BCUT2D eigenvalue weighted by Crippen LogP contribution is -2.35. The lowest BCUT2D eigenvalue weighted by atomic mass is 9.81. The molecule has 0 bridgehead atoms. The molecule has 0 radical (unpaired) electrons. The fourth-order valence-electron chi connectivity index (χ4n) is 2.23. The third-order valence-corrected chi connectivity index (χ3v) is 3.47. The smallest absolute Gasteiger partial charge is 0.281 e. The SMILES string of the molecule is O=C1CCCC(=O)C1C(=O)c1ccc(S)cc1[N+](=O)[O-]. The quantitative estimate of drug-likeness (QED) is 0.302. The summed E-state index contributed by atoms with van der Waals surface area (Å²) in [5.41, 5.74) is -0.657. The first-order valence-corrected chi connectivity index (χ1v) is 6.43. The summed E-state index contributed by atoms with van der Waals surface area (Å²) < 4.78 is 0. The molecule has 1 fully saturated rings. The van der Waals surface area contributed by atoms with Crippen molar-refractivity contribution in [1.29, 1.82) is 0 Å². The van der Waals surface area contributed by atoms with Crippen LogP contribution in [0.25, 0.3) is 0 Å². The van der Waals surface area contributed by atoms with Gasteiger partial charge in [0.15, 0.2) is 17.3 Å². The first-order chi connectivity index (χ1) is 9.41. The number of hydrogen-bond acceptors (Lipinski definition) is 6. The molecule has 104 valence electrons. The molecular weight excluding hydrogens is 282 g/mol. The van der Waals surface area contributed by atoms with Gasteiger partial charge in [-0.2, -0.15) is 0 Å². The predicted molar refractivity (Wildman–Crippen MR) is 72.0 cm³/mol. The third kappa shape index (κ3) is 2.62. The van der Waals surface area contributed by atoms with Crippen LogP contribution in [0.2, 0.25) is 0 Å². The van der Waals surface area contributed by atoms with E-state index < -0.39 is 33.9 Å². The number of benzene rings is 1. The van der Waals surface area contributed by atoms with Gasteiger partial charge in [0.05, 0.1) is 10.5 Å². The van der Waals surface area contributed by atoms with Crippen LogP contribution in [0.4, 0.5) is 5.69 Å². The van der Waals surface area contributed by atoms with Gasteiger partial charge in [-0.05, 0) is 18.6 Å². The van der Waals surface area contributed by atoms with Crippen molar-refractivity contribution in [3.8, 4) is 0 Å². The summed E-state index contributed by atoms with van der Waals surface area (Å²) in [6.45, 7) is 0. The van der Waals surface area contributed by atoms with E-state index in [0.29, 0.717) is 11.3 Å². The summed E-state index contributed by atoms with van der Waals surface area (Å²) in [6, 6.07) is 3.78. The first-order valence-electron chi connectivity index (χ1n) is 5.99. The second-order valence-electron chi connectivity index (χ2n) is 4.54. The van der Waals surface area contributed by atoms with Crippen molar-refractivity contribution in [1.82, 2.24) is 0 Å². The van der Waals surface area contributed by atoms with E-state index in [-0.39, 0.29) is 18.4 Å². The van der Waals surface area contributed by atoms with Crippen molar-refractivity contribution >= 4 is 35.7 Å². The zero-order valence-corrected chi connectivity index (χ0v) is 11.3. The zero-order chi connectivity index (χ0) is 14.9. The van der Waals surface area contributed by atoms with Crippen LogP contribution in [-0.2, 0) is 9.59 Å². The molecule has 1 aromatic rings. The summed E-state index contributed by atoms with van der Waals surface area (Å²) in [5.74, 6) is -3.11. The van der Waals surface area contributed by atoms with E-state index in [4.69, 9.17) is 0 Å². The molecule has 0 aromatic heterocycles. The molecule has 0 spiro atoms. The molecule has 1 aliphatic rings. The zero-order valence-electron chi connectivity index (χ0n) is 10.4. The highest BCUT2D eigenvalue weighted by Crippen LogP contribution is 2.28. The Bertz CT molecular complexity index is 609. The molecule has 20 heavy (non-hydrogen) atoms. The van der Waals surface area contributed by atoms with Gasteiger partial charge in [-0.1, -0.05) is 0 Å². The van der Waals surface area contributed by atoms with E-state index in [1.54, 1.807) is 0 Å². The monoisotopic (exact) mass is 293 g/mol. The fourth-order valence-corrected chi connectivity index (χ4v) is 2.43. The molecule has 0 N–H and O–H groups in total. The van der Waals surface area contributed by atoms with Crippen molar-refractivity contribution in [2.45, 2.75) is 24.2 Å². The van der Waals surface area contributed by atoms with E-state index in [2.05, 4.69) is 12.6 Å². The van der Waals surface area contributed by atoms with Crippen LogP contribution in [0, 0.1) is 16.0 Å². The molecule has 7 heteroatoms. The molecule has 6 nitrogen and oxygen atoms in total. The Kier molecular flexibility index (Phi) is 3.99. The van der Waals surface area contributed by atoms with Gasteiger partial charge in [-0.3, -0.25) is 24.5 Å². The molecule has 0 saturated heterocycles. The molecule has 0 amide bonds. The van der Waals surface area contributed by atoms with Crippen molar-refractivity contribution in [2.24, 2.45) is 5.92 Å². The highest BCUT2D eigenvalue weighted by atomic mass is 32.1. The number of hydrogen-bond donors (Lipinski definition) is 1. The van der Waals surface area contributed by atoms with Crippen LogP contribution in [0.1, 0.15) is 29.6 Å². The molecule has 1 aromatic carbocycles. The number of nitrogens with zero attached hydrogens (tertiary/aromatic N) is 1. The van der Waals surface area contributed by atoms with Crippen LogP contribution in [-0.4, -0.2) is 22.3 Å². The Morgan fingerprint density at radius 2 is 1.85 bits per heavy atom. The van der Waals surface area contributed by atoms with Crippen LogP contribution >= 0.6 is 12.6 Å². The molecule has 1 aliphatic carbocycles. The number of Topliss-reactive ketones (excluding diaryl/α,β-unsaturated/α-hetero) is 3. The van der Waals surface area contributed by atoms with Gasteiger partial charge >= 0.3 is 0 Å². The van der Waals surface area contributed by atoms with E-state index >= 15 is 0 Å². The number of nitro benzene ring substituents is 1. The summed E-state index contributed by atoms with van der Waals surface area (Å²) in [7, 11) is 0. The highest BCUT2D eigenvalue weighted by molar-refractivity contribution is 7.80. The van der Waals surface area contributed by atoms with Gasteiger partial charge < -0.3 is 0 Å². The fraction of sp³-hybridized carbons (Fsp3) is 0.308. The molecule has 0 aliphatic heterocycles. The number of carbonyl (C=O) groups is 3. The van der Waals surface area contributed by atoms with Crippen LogP contribution < -0.4 is 0 Å². The van der Waals surface area contributed by atoms with E-state index in [1.807, 2.05) is 0 Å².